The summed E-state index contributed by atoms with van der Waals surface area (Å²) < 4.78 is 0.836. The van der Waals surface area contributed by atoms with Gasteiger partial charge >= 0.3 is 0 Å². The fraction of sp³-hybridized carbons (Fsp3) is 0. The number of benzene rings is 1. The molecule has 0 saturated heterocycles. The minimum Gasteiger partial charge on any atom is -0.382 e. The molecule has 18 heavy (non-hydrogen) atoms. The minimum absolute atomic E-state index is 0.377. The van der Waals surface area contributed by atoms with Crippen LogP contribution >= 0.6 is 27.5 Å². The Labute approximate surface area is 116 Å². The molecule has 0 aliphatic heterocycles. The van der Waals surface area contributed by atoms with Gasteiger partial charge in [-0.25, -0.2) is 15.0 Å². The topological polar surface area (TPSA) is 80.5 Å². The van der Waals surface area contributed by atoms with Gasteiger partial charge < -0.3 is 10.7 Å². The number of H-pyrrole nitrogens is 1. The lowest BCUT2D eigenvalue weighted by molar-refractivity contribution is 1.21. The molecule has 0 bridgehead atoms. The zero-order valence-corrected chi connectivity index (χ0v) is 11.3. The fourth-order valence-electron chi connectivity index (χ4n) is 1.63. The van der Waals surface area contributed by atoms with Crippen molar-refractivity contribution in [2.24, 2.45) is 0 Å². The van der Waals surface area contributed by atoms with E-state index in [0.29, 0.717) is 27.8 Å². The van der Waals surface area contributed by atoms with Gasteiger partial charge in [0.25, 0.3) is 0 Å². The average Bonchev–Trinajstić information content (AvgIpc) is 2.78. The van der Waals surface area contributed by atoms with Gasteiger partial charge in [0.1, 0.15) is 17.7 Å². The molecule has 3 aromatic rings. The van der Waals surface area contributed by atoms with E-state index in [1.165, 1.54) is 6.33 Å². The van der Waals surface area contributed by atoms with E-state index in [9.17, 15) is 0 Å². The van der Waals surface area contributed by atoms with Crippen LogP contribution in [-0.4, -0.2) is 19.9 Å². The minimum atomic E-state index is 0.377. The molecule has 7 heteroatoms. The highest BCUT2D eigenvalue weighted by Crippen LogP contribution is 2.28. The first-order chi connectivity index (χ1) is 8.65. The maximum Gasteiger partial charge on any atom is 0.183 e. The Morgan fingerprint density at radius 2 is 2.11 bits per heavy atom. The molecular weight excluding hydrogens is 318 g/mol. The lowest BCUT2D eigenvalue weighted by Crippen LogP contribution is -1.91. The van der Waals surface area contributed by atoms with Gasteiger partial charge in [0.2, 0.25) is 0 Å². The number of hydrogen-bond donors (Lipinski definition) is 2. The zero-order chi connectivity index (χ0) is 12.7. The number of imidazole rings is 1. The maximum atomic E-state index is 6.05. The van der Waals surface area contributed by atoms with E-state index < -0.39 is 0 Å². The maximum absolute atomic E-state index is 6.05. The van der Waals surface area contributed by atoms with Crippen LogP contribution in [-0.2, 0) is 0 Å². The zero-order valence-electron chi connectivity index (χ0n) is 8.98. The molecule has 3 N–H and O–H groups in total. The number of aromatic nitrogens is 4. The molecule has 90 valence electrons. The quantitative estimate of drug-likeness (QED) is 0.721. The Kier molecular flexibility index (Phi) is 2.68. The summed E-state index contributed by atoms with van der Waals surface area (Å²) in [6.45, 7) is 0. The molecule has 0 amide bonds. The molecule has 0 unspecified atom stereocenters. The number of aromatic amines is 1. The molecule has 3 rings (SSSR count). The number of nitrogen functional groups attached to an aromatic ring is 1. The largest absolute Gasteiger partial charge is 0.382 e. The predicted octanol–water partition coefficient (Wildman–Crippen LogP) is 3.02. The Hall–Kier alpha value is -1.66. The molecule has 0 fully saturated rings. The predicted molar refractivity (Wildman–Crippen MR) is 74.2 cm³/mol. The van der Waals surface area contributed by atoms with Crippen molar-refractivity contribution < 1.29 is 0 Å². The first-order valence-electron chi connectivity index (χ1n) is 5.07. The number of halogens is 2. The number of nitrogens with zero attached hydrogens (tertiary/aromatic N) is 3. The van der Waals surface area contributed by atoms with Crippen LogP contribution in [0.15, 0.2) is 29.0 Å². The van der Waals surface area contributed by atoms with Crippen LogP contribution in [0.5, 0.6) is 0 Å². The van der Waals surface area contributed by atoms with E-state index in [-0.39, 0.29) is 0 Å². The van der Waals surface area contributed by atoms with Gasteiger partial charge in [-0.05, 0) is 28.1 Å². The van der Waals surface area contributed by atoms with Crippen molar-refractivity contribution in [3.8, 4) is 11.4 Å². The van der Waals surface area contributed by atoms with E-state index in [1.54, 1.807) is 0 Å². The van der Waals surface area contributed by atoms with Gasteiger partial charge in [-0.2, -0.15) is 0 Å². The standard InChI is InChI=1S/C11H7BrClN5/c12-6-2-1-5(3-7(6)13)10-17-8-9(14)15-4-16-11(8)18-10/h1-4H,(H3,14,15,16,17,18). The van der Waals surface area contributed by atoms with Crippen LogP contribution < -0.4 is 5.73 Å². The highest BCUT2D eigenvalue weighted by molar-refractivity contribution is 9.10. The van der Waals surface area contributed by atoms with Gasteiger partial charge in [-0.3, -0.25) is 0 Å². The lowest BCUT2D eigenvalue weighted by Gasteiger charge is -1.99. The second-order valence-corrected chi connectivity index (χ2v) is 4.93. The number of fused-ring (bicyclic) bond motifs is 1. The normalized spacial score (nSPS) is 11.0. The van der Waals surface area contributed by atoms with Crippen molar-refractivity contribution >= 4 is 44.5 Å². The van der Waals surface area contributed by atoms with Crippen molar-refractivity contribution in [2.45, 2.75) is 0 Å². The molecular formula is C11H7BrClN5. The number of nitrogens with one attached hydrogen (secondary N) is 1. The number of rotatable bonds is 1. The first kappa shape index (κ1) is 11.4. The van der Waals surface area contributed by atoms with Crippen LogP contribution in [0.2, 0.25) is 5.02 Å². The average molecular weight is 325 g/mol. The van der Waals surface area contributed by atoms with Gasteiger partial charge in [0.05, 0.1) is 5.02 Å². The van der Waals surface area contributed by atoms with Crippen molar-refractivity contribution in [1.82, 2.24) is 19.9 Å². The summed E-state index contributed by atoms with van der Waals surface area (Å²) in [5.41, 5.74) is 7.78. The second kappa shape index (κ2) is 4.22. The number of hydrogen-bond acceptors (Lipinski definition) is 4. The van der Waals surface area contributed by atoms with E-state index in [4.69, 9.17) is 17.3 Å². The van der Waals surface area contributed by atoms with Gasteiger partial charge in [-0.15, -0.1) is 0 Å². The molecule has 0 saturated carbocycles. The van der Waals surface area contributed by atoms with Crippen molar-refractivity contribution in [3.05, 3.63) is 34.0 Å². The van der Waals surface area contributed by atoms with Crippen molar-refractivity contribution in [2.75, 3.05) is 5.73 Å². The molecule has 1 aromatic carbocycles. The molecule has 0 spiro atoms. The van der Waals surface area contributed by atoms with Crippen LogP contribution in [0, 0.1) is 0 Å². The number of nitrogens with two attached hydrogens (primary N) is 1. The summed E-state index contributed by atoms with van der Waals surface area (Å²) in [6, 6.07) is 5.57. The first-order valence-corrected chi connectivity index (χ1v) is 6.24. The molecule has 5 nitrogen and oxygen atoms in total. The van der Waals surface area contributed by atoms with Crippen LogP contribution in [0.3, 0.4) is 0 Å². The van der Waals surface area contributed by atoms with E-state index >= 15 is 0 Å². The molecule has 0 aliphatic rings. The van der Waals surface area contributed by atoms with E-state index in [1.807, 2.05) is 18.2 Å². The lowest BCUT2D eigenvalue weighted by atomic mass is 10.2. The van der Waals surface area contributed by atoms with Gasteiger partial charge in [0, 0.05) is 10.0 Å². The van der Waals surface area contributed by atoms with Gasteiger partial charge in [-0.1, -0.05) is 17.7 Å². The highest BCUT2D eigenvalue weighted by atomic mass is 79.9. The third-order valence-electron chi connectivity index (χ3n) is 2.51. The molecule has 2 heterocycles. The summed E-state index contributed by atoms with van der Waals surface area (Å²) in [5.74, 6) is 1.04. The Morgan fingerprint density at radius 1 is 1.28 bits per heavy atom. The number of anilines is 1. The summed E-state index contributed by atoms with van der Waals surface area (Å²) in [5, 5.41) is 0.618. The second-order valence-electron chi connectivity index (χ2n) is 3.67. The Bertz CT molecular complexity index is 739. The highest BCUT2D eigenvalue weighted by Gasteiger charge is 2.10. The van der Waals surface area contributed by atoms with Crippen molar-refractivity contribution in [3.63, 3.8) is 0 Å². The smallest absolute Gasteiger partial charge is 0.183 e. The molecule has 2 aromatic heterocycles. The van der Waals surface area contributed by atoms with Crippen LogP contribution in [0.25, 0.3) is 22.6 Å². The molecule has 0 aliphatic carbocycles. The molecule has 0 atom stereocenters. The Balaban J connectivity index is 2.19. The van der Waals surface area contributed by atoms with Crippen molar-refractivity contribution in [1.29, 1.82) is 0 Å². The monoisotopic (exact) mass is 323 g/mol. The van der Waals surface area contributed by atoms with E-state index in [2.05, 4.69) is 35.9 Å². The Morgan fingerprint density at radius 3 is 2.83 bits per heavy atom. The fourth-order valence-corrected chi connectivity index (χ4v) is 2.05. The summed E-state index contributed by atoms with van der Waals surface area (Å²) in [7, 11) is 0. The van der Waals surface area contributed by atoms with Crippen LogP contribution in [0.4, 0.5) is 5.82 Å². The van der Waals surface area contributed by atoms with E-state index in [0.717, 1.165) is 10.0 Å². The SMILES string of the molecule is Nc1ncnc2nc(-c3ccc(Br)c(Cl)c3)[nH]c12. The van der Waals surface area contributed by atoms with Crippen LogP contribution in [0.1, 0.15) is 0 Å². The summed E-state index contributed by atoms with van der Waals surface area (Å²) in [6.07, 6.45) is 1.39. The van der Waals surface area contributed by atoms with Gasteiger partial charge in [0.15, 0.2) is 11.5 Å². The summed E-state index contributed by atoms with van der Waals surface area (Å²) in [4.78, 5) is 15.4. The molecule has 0 radical (unpaired) electrons. The third-order valence-corrected chi connectivity index (χ3v) is 3.74. The summed E-state index contributed by atoms with van der Waals surface area (Å²) >= 11 is 9.40. The third kappa shape index (κ3) is 1.83.